The molecule has 2 aromatic rings. The number of alkyl halides is 3. The van der Waals surface area contributed by atoms with E-state index >= 15 is 0 Å². The molecule has 2 saturated heterocycles. The van der Waals surface area contributed by atoms with Crippen molar-refractivity contribution in [2.45, 2.75) is 49.7 Å². The summed E-state index contributed by atoms with van der Waals surface area (Å²) >= 11 is 5.62. The van der Waals surface area contributed by atoms with Gasteiger partial charge >= 0.3 is 6.18 Å². The molecule has 11 heteroatoms. The summed E-state index contributed by atoms with van der Waals surface area (Å²) in [6, 6.07) is 0.721. The Labute approximate surface area is 174 Å². The molecule has 2 bridgehead atoms. The second-order valence-corrected chi connectivity index (χ2v) is 8.68. The van der Waals surface area contributed by atoms with Gasteiger partial charge in [-0.05, 0) is 19.4 Å². The molecule has 2 N–H and O–H groups in total. The van der Waals surface area contributed by atoms with Crippen molar-refractivity contribution in [3.8, 4) is 0 Å². The average molecular weight is 443 g/mol. The quantitative estimate of drug-likeness (QED) is 0.762. The highest BCUT2D eigenvalue weighted by molar-refractivity contribution is 6.31. The standard InChI is InChI=1S/C19H18ClF3N4O3/c1-8-10(6-27(2)26-8)17-7-18(17,13-4-12(28)15(17)30-13)16(29)25-14-3-9(19(21,22)23)11(20)5-24-14/h3,5-6,12-13,15,28H,4,7H2,1-2H3,(H,24,25,29)/t12-,13+,15-,17+,18+/m0/s1. The highest BCUT2D eigenvalue weighted by Crippen LogP contribution is 2.78. The lowest BCUT2D eigenvalue weighted by atomic mass is 9.74. The smallest absolute Gasteiger partial charge is 0.390 e. The zero-order valence-electron chi connectivity index (χ0n) is 16.0. The van der Waals surface area contributed by atoms with Crippen LogP contribution in [0, 0.1) is 12.3 Å². The SMILES string of the molecule is Cc1nn(C)cc1[C@@]12C[C@]1(C(=O)Nc1cc(C(F)(F)F)c(Cl)cn1)[C@H]1C[C@H](O)[C@@H]2O1. The predicted octanol–water partition coefficient (Wildman–Crippen LogP) is 2.59. The first-order valence-electron chi connectivity index (χ1n) is 9.39. The summed E-state index contributed by atoms with van der Waals surface area (Å²) in [4.78, 5) is 17.2. The Kier molecular flexibility index (Phi) is 3.92. The highest BCUT2D eigenvalue weighted by Gasteiger charge is 2.87. The molecular weight excluding hydrogens is 425 g/mol. The number of hydrogen-bond donors (Lipinski definition) is 2. The number of anilines is 1. The Morgan fingerprint density at radius 1 is 1.47 bits per heavy atom. The van der Waals surface area contributed by atoms with Crippen molar-refractivity contribution < 1.29 is 27.8 Å². The fourth-order valence-corrected chi connectivity index (χ4v) is 5.70. The maximum absolute atomic E-state index is 13.4. The molecule has 0 unspecified atom stereocenters. The molecule has 0 aromatic carbocycles. The van der Waals surface area contributed by atoms with Crippen molar-refractivity contribution in [2.24, 2.45) is 12.5 Å². The van der Waals surface area contributed by atoms with E-state index in [1.165, 1.54) is 0 Å². The molecule has 5 rings (SSSR count). The first kappa shape index (κ1) is 19.8. The molecule has 4 heterocycles. The van der Waals surface area contributed by atoms with E-state index in [-0.39, 0.29) is 5.82 Å². The van der Waals surface area contributed by atoms with Gasteiger partial charge < -0.3 is 15.2 Å². The van der Waals surface area contributed by atoms with E-state index in [9.17, 15) is 23.1 Å². The van der Waals surface area contributed by atoms with Crippen LogP contribution in [0.5, 0.6) is 0 Å². The monoisotopic (exact) mass is 442 g/mol. The Bertz CT molecular complexity index is 1070. The molecule has 1 amide bonds. The first-order chi connectivity index (χ1) is 14.0. The molecule has 1 aliphatic carbocycles. The van der Waals surface area contributed by atoms with E-state index in [0.29, 0.717) is 12.8 Å². The van der Waals surface area contributed by atoms with Crippen molar-refractivity contribution >= 4 is 23.3 Å². The lowest BCUT2D eigenvalue weighted by Crippen LogP contribution is -2.44. The number of ether oxygens (including phenoxy) is 1. The molecule has 0 spiro atoms. The van der Waals surface area contributed by atoms with E-state index in [0.717, 1.165) is 23.5 Å². The van der Waals surface area contributed by atoms with Crippen LogP contribution in [0.4, 0.5) is 19.0 Å². The Morgan fingerprint density at radius 2 is 2.20 bits per heavy atom. The van der Waals surface area contributed by atoms with Crippen molar-refractivity contribution in [2.75, 3.05) is 5.32 Å². The molecule has 2 aromatic heterocycles. The van der Waals surface area contributed by atoms with Gasteiger partial charge in [0.2, 0.25) is 5.91 Å². The van der Waals surface area contributed by atoms with Crippen LogP contribution in [-0.2, 0) is 28.2 Å². The topological polar surface area (TPSA) is 89.3 Å². The van der Waals surface area contributed by atoms with Gasteiger partial charge in [0.1, 0.15) is 5.82 Å². The summed E-state index contributed by atoms with van der Waals surface area (Å²) < 4.78 is 47.1. The molecule has 2 aliphatic heterocycles. The van der Waals surface area contributed by atoms with Crippen LogP contribution in [0.1, 0.15) is 29.7 Å². The van der Waals surface area contributed by atoms with Gasteiger partial charge in [-0.2, -0.15) is 18.3 Å². The van der Waals surface area contributed by atoms with E-state index in [2.05, 4.69) is 15.4 Å². The second-order valence-electron chi connectivity index (χ2n) is 8.27. The van der Waals surface area contributed by atoms with Gasteiger partial charge in [0.25, 0.3) is 0 Å². The summed E-state index contributed by atoms with van der Waals surface area (Å²) in [6.45, 7) is 1.82. The predicted molar refractivity (Wildman–Crippen MR) is 98.8 cm³/mol. The van der Waals surface area contributed by atoms with Crippen molar-refractivity contribution in [3.05, 3.63) is 40.3 Å². The molecule has 1 saturated carbocycles. The number of aromatic nitrogens is 3. The van der Waals surface area contributed by atoms with Crippen LogP contribution in [0.2, 0.25) is 5.02 Å². The molecule has 3 fully saturated rings. The van der Waals surface area contributed by atoms with Gasteiger partial charge in [-0.1, -0.05) is 11.6 Å². The highest BCUT2D eigenvalue weighted by atomic mass is 35.5. The van der Waals surface area contributed by atoms with Crippen molar-refractivity contribution in [1.29, 1.82) is 0 Å². The average Bonchev–Trinajstić information content (AvgIpc) is 2.87. The number of halogens is 4. The third kappa shape index (κ3) is 2.38. The number of carbonyl (C=O) groups is 1. The number of pyridine rings is 1. The van der Waals surface area contributed by atoms with E-state index in [4.69, 9.17) is 16.3 Å². The zero-order valence-corrected chi connectivity index (χ0v) is 16.8. The molecular formula is C19H18ClF3N4O3. The summed E-state index contributed by atoms with van der Waals surface area (Å²) in [5.74, 6) is -0.716. The van der Waals surface area contributed by atoms with Gasteiger partial charge in [0.05, 0.1) is 40.0 Å². The number of hydrogen-bond acceptors (Lipinski definition) is 5. The van der Waals surface area contributed by atoms with Gasteiger partial charge in [-0.25, -0.2) is 4.98 Å². The molecule has 160 valence electrons. The summed E-state index contributed by atoms with van der Waals surface area (Å²) in [5, 5.41) is 16.8. The number of amides is 1. The fourth-order valence-electron chi connectivity index (χ4n) is 5.49. The maximum atomic E-state index is 13.4. The van der Waals surface area contributed by atoms with Gasteiger partial charge in [0.15, 0.2) is 0 Å². The van der Waals surface area contributed by atoms with Gasteiger partial charge in [0, 0.05) is 36.8 Å². The van der Waals surface area contributed by atoms with Gasteiger partial charge in [-0.15, -0.1) is 0 Å². The Morgan fingerprint density at radius 3 is 2.83 bits per heavy atom. The van der Waals surface area contributed by atoms with Crippen LogP contribution in [0.3, 0.4) is 0 Å². The largest absolute Gasteiger partial charge is 0.418 e. The third-order valence-corrected chi connectivity index (χ3v) is 6.98. The number of nitrogens with one attached hydrogen (secondary N) is 1. The van der Waals surface area contributed by atoms with Crippen LogP contribution < -0.4 is 5.32 Å². The minimum atomic E-state index is -4.67. The normalized spacial score (nSPS) is 34.2. The molecule has 30 heavy (non-hydrogen) atoms. The van der Waals surface area contributed by atoms with Gasteiger partial charge in [-0.3, -0.25) is 9.48 Å². The number of fused-ring (bicyclic) bond motifs is 5. The molecule has 0 radical (unpaired) electrons. The molecule has 3 aliphatic rings. The Hall–Kier alpha value is -2.17. The lowest BCUT2D eigenvalue weighted by Gasteiger charge is -2.29. The summed E-state index contributed by atoms with van der Waals surface area (Å²) in [7, 11) is 1.76. The number of aliphatic hydroxyl groups is 1. The third-order valence-electron chi connectivity index (χ3n) is 6.68. The van der Waals surface area contributed by atoms with Crippen LogP contribution >= 0.6 is 11.6 Å². The lowest BCUT2D eigenvalue weighted by molar-refractivity contribution is -0.137. The minimum Gasteiger partial charge on any atom is -0.390 e. The maximum Gasteiger partial charge on any atom is 0.418 e. The summed E-state index contributed by atoms with van der Waals surface area (Å²) in [6.07, 6.45) is -3.11. The van der Waals surface area contributed by atoms with Crippen LogP contribution in [-0.4, -0.2) is 44.1 Å². The zero-order chi connectivity index (χ0) is 21.6. The molecule has 7 nitrogen and oxygen atoms in total. The first-order valence-corrected chi connectivity index (χ1v) is 9.77. The van der Waals surface area contributed by atoms with E-state index in [1.54, 1.807) is 11.7 Å². The number of aliphatic hydroxyl groups excluding tert-OH is 1. The number of nitrogens with zero attached hydrogens (tertiary/aromatic N) is 3. The van der Waals surface area contributed by atoms with E-state index in [1.807, 2.05) is 13.1 Å². The number of rotatable bonds is 3. The molecule has 5 atom stereocenters. The fraction of sp³-hybridized carbons (Fsp3) is 0.526. The number of aryl methyl sites for hydroxylation is 2. The second kappa shape index (κ2) is 5.95. The number of carbonyl (C=O) groups excluding carboxylic acids is 1. The van der Waals surface area contributed by atoms with E-state index < -0.39 is 51.8 Å². The van der Waals surface area contributed by atoms with Crippen molar-refractivity contribution in [3.63, 3.8) is 0 Å². The van der Waals surface area contributed by atoms with Crippen LogP contribution in [0.25, 0.3) is 0 Å². The minimum absolute atomic E-state index is 0.238. The van der Waals surface area contributed by atoms with Crippen LogP contribution in [0.15, 0.2) is 18.5 Å². The summed E-state index contributed by atoms with van der Waals surface area (Å²) in [5.41, 5.74) is -1.30. The van der Waals surface area contributed by atoms with Crippen molar-refractivity contribution in [1.82, 2.24) is 14.8 Å². The Balaban J connectivity index is 1.51.